The van der Waals surface area contributed by atoms with E-state index in [0.717, 1.165) is 108 Å². The maximum Gasteiger partial charge on any atom is 0.122 e. The molecule has 0 radical (unpaired) electrons. The topological polar surface area (TPSA) is 102 Å². The Labute approximate surface area is 521 Å². The van der Waals surface area contributed by atoms with Gasteiger partial charge in [0.05, 0.1) is 6.10 Å². The van der Waals surface area contributed by atoms with Gasteiger partial charge in [0.1, 0.15) is 18.8 Å². The first-order chi connectivity index (χ1) is 39.4. The molecular weight excluding hydrogens is 1200 g/mol. The fourth-order valence-corrected chi connectivity index (χ4v) is 38.3. The van der Waals surface area contributed by atoms with Gasteiger partial charge in [0.15, 0.2) is 0 Å². The van der Waals surface area contributed by atoms with Crippen LogP contribution in [-0.4, -0.2) is 113 Å². The smallest absolute Gasteiger partial charge is 0.122 e. The van der Waals surface area contributed by atoms with Crippen molar-refractivity contribution >= 4 is 63.6 Å². The molecule has 83 heavy (non-hydrogen) atoms. The molecule has 14 heteroatoms. The fourth-order valence-electron chi connectivity index (χ4n) is 12.7. The summed E-state index contributed by atoms with van der Waals surface area (Å²) in [6, 6.07) is 12.1. The van der Waals surface area contributed by atoms with E-state index in [-0.39, 0.29) is 36.8 Å². The molecule has 1 saturated heterocycles. The molecule has 0 aromatic rings. The Morgan fingerprint density at radius 1 is 0.578 bits per heavy atom. The molecule has 0 saturated carbocycles. The zero-order valence-electron chi connectivity index (χ0n) is 57.8. The van der Waals surface area contributed by atoms with Gasteiger partial charge in [0.25, 0.3) is 0 Å². The van der Waals surface area contributed by atoms with Gasteiger partial charge in [-0.3, -0.25) is 4.79 Å². The van der Waals surface area contributed by atoms with Crippen LogP contribution in [0, 0.1) is 11.8 Å². The molecule has 0 N–H and O–H groups in total. The Morgan fingerprint density at radius 2 is 1.01 bits per heavy atom. The van der Waals surface area contributed by atoms with Crippen LogP contribution in [0.15, 0.2) is 70.4 Å². The fraction of sp³-hybridized carbons (Fsp3) is 0.797. The normalized spacial score (nSPS) is 18.2. The van der Waals surface area contributed by atoms with E-state index >= 15 is 0 Å². The van der Waals surface area contributed by atoms with Crippen LogP contribution < -0.4 is 0 Å². The van der Waals surface area contributed by atoms with Gasteiger partial charge in [-0.2, -0.15) is 0 Å². The minimum Gasteiger partial charge on any atom is -0.365 e. The largest absolute Gasteiger partial charge is 0.365 e. The number of carbonyl (C=O) groups is 2. The van der Waals surface area contributed by atoms with Gasteiger partial charge in [-0.1, -0.05) is 33.8 Å². The first kappa shape index (κ1) is 79.9. The van der Waals surface area contributed by atoms with Crippen LogP contribution in [0.2, 0.25) is 85.8 Å². The third-order valence-corrected chi connectivity index (χ3v) is 52.5. The van der Waals surface area contributed by atoms with Crippen molar-refractivity contribution in [3.05, 3.63) is 70.4 Å². The summed E-state index contributed by atoms with van der Waals surface area (Å²) in [5.41, 5.74) is 3.47. The van der Waals surface area contributed by atoms with Crippen molar-refractivity contribution in [1.82, 2.24) is 0 Å². The number of epoxide rings is 1. The van der Waals surface area contributed by atoms with Crippen molar-refractivity contribution in [3.63, 3.8) is 0 Å². The minimum absolute atomic E-state index is 0.0241. The summed E-state index contributed by atoms with van der Waals surface area (Å²) in [5, 5.41) is 0. The molecule has 482 valence electrons. The molecule has 1 aliphatic rings. The summed E-state index contributed by atoms with van der Waals surface area (Å²) in [4.78, 5) is 25.6. The van der Waals surface area contributed by atoms with Crippen LogP contribution in [0.1, 0.15) is 203 Å². The second-order valence-electron chi connectivity index (χ2n) is 25.4. The molecule has 0 unspecified atom stereocenters. The summed E-state index contributed by atoms with van der Waals surface area (Å²) < 4.78 is 56.9. The van der Waals surface area contributed by atoms with Crippen LogP contribution in [0.4, 0.5) is 0 Å². The molecule has 0 aliphatic carbocycles. The number of esters is 2. The zero-order valence-corrected chi connectivity index (χ0v) is 64.6. The van der Waals surface area contributed by atoms with Crippen LogP contribution >= 0.6 is 0 Å². The molecule has 0 aromatic carbocycles. The number of unbranched alkanes of at least 4 members (excludes halogenated alkanes) is 3. The summed E-state index contributed by atoms with van der Waals surface area (Å²) in [7, 11) is -9.27. The average molecular weight is 1340 g/mol. The van der Waals surface area contributed by atoms with E-state index in [1.54, 1.807) is 6.08 Å². The molecule has 0 aromatic heterocycles. The van der Waals surface area contributed by atoms with Crippen molar-refractivity contribution in [2.75, 3.05) is 6.61 Å². The number of allylic oxidation sites excluding steroid dienone is 3. The van der Waals surface area contributed by atoms with Gasteiger partial charge >= 0.3 is 393 Å². The van der Waals surface area contributed by atoms with Crippen molar-refractivity contribution in [3.8, 4) is 0 Å². The van der Waals surface area contributed by atoms with Crippen LogP contribution in [0.3, 0.4) is 0 Å². The Hall–Kier alpha value is -1.15. The molecule has 9 atom stereocenters. The van der Waals surface area contributed by atoms with E-state index < -0.39 is 82.0 Å². The summed E-state index contributed by atoms with van der Waals surface area (Å²) in [6.45, 7) is 59.6. The molecule has 0 bridgehead atoms. The maximum absolute atomic E-state index is 14.0. The van der Waals surface area contributed by atoms with Gasteiger partial charge in [-0.25, -0.2) is 4.79 Å². The second kappa shape index (κ2) is 41.2. The predicted molar refractivity (Wildman–Crippen MR) is 370 cm³/mol. The van der Waals surface area contributed by atoms with E-state index in [9.17, 15) is 9.59 Å². The monoisotopic (exact) mass is 1340 g/mol. The number of carbonyl (C=O) groups excluding carboxylic acids is 2. The van der Waals surface area contributed by atoms with Crippen molar-refractivity contribution in [2.24, 2.45) is 11.8 Å². The molecule has 1 heterocycles. The molecule has 0 spiro atoms. The molecule has 1 rings (SSSR count). The van der Waals surface area contributed by atoms with Gasteiger partial charge < -0.3 is 14.2 Å². The molecule has 1 aliphatic heterocycles. The van der Waals surface area contributed by atoms with Crippen molar-refractivity contribution in [2.45, 2.75) is 331 Å². The van der Waals surface area contributed by atoms with Gasteiger partial charge in [0, 0.05) is 13.0 Å². The van der Waals surface area contributed by atoms with E-state index in [0.29, 0.717) is 18.8 Å². The van der Waals surface area contributed by atoms with Gasteiger partial charge in [-0.05, 0) is 37.2 Å². The third kappa shape index (κ3) is 25.7. The third-order valence-electron chi connectivity index (χ3n) is 19.9. The Kier molecular flexibility index (Phi) is 39.6. The van der Waals surface area contributed by atoms with Crippen molar-refractivity contribution in [1.29, 1.82) is 0 Å². The first-order valence-corrected chi connectivity index (χ1v) is 52.0. The van der Waals surface area contributed by atoms with E-state index in [1.807, 2.05) is 13.0 Å². The van der Waals surface area contributed by atoms with Crippen LogP contribution in [0.25, 0.3) is 0 Å². The van der Waals surface area contributed by atoms with E-state index in [4.69, 9.17) is 45.1 Å². The van der Waals surface area contributed by atoms with Gasteiger partial charge in [-0.15, -0.1) is 0 Å². The summed E-state index contributed by atoms with van der Waals surface area (Å²) in [5.74, 6) is -0.508. The summed E-state index contributed by atoms with van der Waals surface area (Å²) >= 11 is -2.87. The Balaban J connectivity index is 4.35. The standard InChI is InChI=1S/C57H105O9Si4.3C4H9.Sn/c1-22-37-45(17)52-57(62-52)53(47(19)40-44(16)42-60-49(21)58)61-51(59)41-43(15)38-36-39-46(18)54(64-68(27-6,28-7)29-8)56(66-70(33-12,34-13)35-14)48(20)55(65-69(30-9,31-10)32-11)50(23-2)63-67(24-3,25-4)26-5;3*1-3-4-2;/h2,23,36,38,41,45,47,50,52-57H,16,18,20,22,24-35,37,39-40,42H2,1,3-15,17,19,21H3;3*1,3-4H2,2H3;/b23-2?,38-36+,43-41+;;;;/t45-,47-,50-,52-,53+,54-,55-,56-,57+;;;;/m0..../s1. The second-order valence-corrected chi connectivity index (χ2v) is 57.3. The number of rotatable bonds is 50. The van der Waals surface area contributed by atoms with Crippen LogP contribution in [0.5, 0.6) is 0 Å². The van der Waals surface area contributed by atoms with E-state index in [2.05, 4.69) is 147 Å². The van der Waals surface area contributed by atoms with E-state index in [1.165, 1.54) is 58.8 Å². The Morgan fingerprint density at radius 3 is 1.43 bits per heavy atom. The first-order valence-electron chi connectivity index (χ1n) is 34.2. The number of hydrogen-bond donors (Lipinski definition) is 0. The maximum atomic E-state index is 14.0. The Bertz CT molecular complexity index is 1920. The average Bonchev–Trinajstić information content (AvgIpc) is 4.52. The number of hydrogen-bond acceptors (Lipinski definition) is 9. The minimum atomic E-state index is -2.87. The quantitative estimate of drug-likeness (QED) is 0.0147. The van der Waals surface area contributed by atoms with Gasteiger partial charge in [0.2, 0.25) is 0 Å². The predicted octanol–water partition coefficient (Wildman–Crippen LogP) is 20.8. The zero-order chi connectivity index (χ0) is 63.0. The SMILES string of the molecule is C=C(COC(C)=O)C[C@H](C)[C@@H](OC(=O)/C=C(C)/C=C/CC(=C)[C@H](O[Si](CC)(CC)CC)[C@@H](O[Si](CC)(CC)CC)C(=C)[C@H](O[Si](CC)(CC)CC)[C@H](/C=[CH]/[Sn]([CH2]CCC)([CH2]CCC)[CH2]CCC)O[Si](CC)(CC)CC)[C@@H]1O[C@H]1[C@@H](C)CCC. The van der Waals surface area contributed by atoms with Crippen LogP contribution in [-0.2, 0) is 41.5 Å². The molecule has 9 nitrogen and oxygen atoms in total. The molecule has 1 fully saturated rings. The summed E-state index contributed by atoms with van der Waals surface area (Å²) in [6.07, 6.45) is 16.8. The van der Waals surface area contributed by atoms with Crippen molar-refractivity contribution < 1.29 is 41.5 Å². The number of ether oxygens (including phenoxy) is 3. The molecular formula is C69H132O9Si4Sn. The molecule has 0 amide bonds.